The van der Waals surface area contributed by atoms with Gasteiger partial charge in [0.1, 0.15) is 5.01 Å². The predicted octanol–water partition coefficient (Wildman–Crippen LogP) is 4.96. The van der Waals surface area contributed by atoms with Crippen molar-refractivity contribution in [2.24, 2.45) is 0 Å². The van der Waals surface area contributed by atoms with Crippen molar-refractivity contribution in [1.29, 1.82) is 0 Å². The first-order valence-electron chi connectivity index (χ1n) is 8.87. The number of carbonyl (C=O) groups excluding carboxylic acids is 1. The lowest BCUT2D eigenvalue weighted by atomic mass is 10.00. The number of fused-ring (bicyclic) bond motifs is 1. The summed E-state index contributed by atoms with van der Waals surface area (Å²) in [7, 11) is 0. The van der Waals surface area contributed by atoms with Gasteiger partial charge in [0.15, 0.2) is 0 Å². The fourth-order valence-electron chi connectivity index (χ4n) is 3.30. The van der Waals surface area contributed by atoms with Crippen molar-refractivity contribution < 1.29 is 18.0 Å². The molecule has 28 heavy (non-hydrogen) atoms. The first-order valence-corrected chi connectivity index (χ1v) is 9.75. The zero-order valence-corrected chi connectivity index (χ0v) is 15.7. The van der Waals surface area contributed by atoms with Crippen LogP contribution >= 0.6 is 11.3 Å². The summed E-state index contributed by atoms with van der Waals surface area (Å²) in [6.45, 7) is 1.29. The molecule has 0 atom stereocenters. The molecule has 0 bridgehead atoms. The monoisotopic (exact) mass is 402 g/mol. The highest BCUT2D eigenvalue weighted by Crippen LogP contribution is 2.32. The highest BCUT2D eigenvalue weighted by atomic mass is 32.1. The lowest BCUT2D eigenvalue weighted by molar-refractivity contribution is -0.137. The molecule has 1 aliphatic heterocycles. The molecular formula is C21H17F3N2OS. The molecule has 0 spiro atoms. The zero-order chi connectivity index (χ0) is 19.7. The molecule has 0 saturated heterocycles. The molecule has 0 N–H and O–H groups in total. The Morgan fingerprint density at radius 3 is 2.50 bits per heavy atom. The van der Waals surface area contributed by atoms with E-state index >= 15 is 0 Å². The molecule has 2 heterocycles. The SMILES string of the molecule is O=C(Cc1csc(-c2ccc(C(F)(F)F)cc2)n1)N1CCc2ccccc2C1. The maximum atomic E-state index is 12.7. The molecule has 0 aliphatic carbocycles. The van der Waals surface area contributed by atoms with Gasteiger partial charge in [-0.15, -0.1) is 11.3 Å². The number of halogens is 3. The summed E-state index contributed by atoms with van der Waals surface area (Å²) in [6.07, 6.45) is -3.32. The first-order chi connectivity index (χ1) is 13.4. The molecule has 2 aromatic carbocycles. The van der Waals surface area contributed by atoms with Gasteiger partial charge in [-0.3, -0.25) is 4.79 Å². The second-order valence-corrected chi connectivity index (χ2v) is 7.59. The Morgan fingerprint density at radius 1 is 1.07 bits per heavy atom. The molecule has 1 aromatic heterocycles. The van der Waals surface area contributed by atoms with Crippen molar-refractivity contribution in [1.82, 2.24) is 9.88 Å². The average Bonchev–Trinajstić information content (AvgIpc) is 3.15. The van der Waals surface area contributed by atoms with Crippen LogP contribution in [0.15, 0.2) is 53.9 Å². The van der Waals surface area contributed by atoms with Crippen LogP contribution in [0, 0.1) is 0 Å². The molecule has 144 valence electrons. The number of amides is 1. The van der Waals surface area contributed by atoms with Crippen LogP contribution in [0.1, 0.15) is 22.4 Å². The topological polar surface area (TPSA) is 33.2 Å². The molecule has 0 unspecified atom stereocenters. The number of rotatable bonds is 3. The van der Waals surface area contributed by atoms with Crippen LogP contribution in [0.2, 0.25) is 0 Å². The highest BCUT2D eigenvalue weighted by molar-refractivity contribution is 7.13. The molecule has 1 aliphatic rings. The van der Waals surface area contributed by atoms with Crippen LogP contribution in [0.4, 0.5) is 13.2 Å². The molecular weight excluding hydrogens is 385 g/mol. The van der Waals surface area contributed by atoms with Gasteiger partial charge in [0.05, 0.1) is 17.7 Å². The number of carbonyl (C=O) groups is 1. The fourth-order valence-corrected chi connectivity index (χ4v) is 4.12. The third-order valence-electron chi connectivity index (χ3n) is 4.83. The smallest absolute Gasteiger partial charge is 0.338 e. The van der Waals surface area contributed by atoms with Crippen molar-refractivity contribution in [2.75, 3.05) is 6.54 Å². The van der Waals surface area contributed by atoms with Crippen molar-refractivity contribution in [3.8, 4) is 10.6 Å². The largest absolute Gasteiger partial charge is 0.416 e. The van der Waals surface area contributed by atoms with Gasteiger partial charge in [0.25, 0.3) is 0 Å². The molecule has 3 nitrogen and oxygen atoms in total. The van der Waals surface area contributed by atoms with Crippen molar-refractivity contribution in [3.05, 3.63) is 76.3 Å². The van der Waals surface area contributed by atoms with E-state index in [0.29, 0.717) is 29.4 Å². The van der Waals surface area contributed by atoms with Gasteiger partial charge in [-0.2, -0.15) is 13.2 Å². The third kappa shape index (κ3) is 3.94. The minimum atomic E-state index is -4.36. The molecule has 7 heteroatoms. The maximum Gasteiger partial charge on any atom is 0.416 e. The third-order valence-corrected chi connectivity index (χ3v) is 5.77. The average molecular weight is 402 g/mol. The Labute approximate surface area is 164 Å². The van der Waals surface area contributed by atoms with Gasteiger partial charge < -0.3 is 4.90 Å². The number of aromatic nitrogens is 1. The second-order valence-electron chi connectivity index (χ2n) is 6.73. The van der Waals surface area contributed by atoms with E-state index in [1.165, 1.54) is 34.6 Å². The summed E-state index contributed by atoms with van der Waals surface area (Å²) >= 11 is 1.33. The van der Waals surface area contributed by atoms with Gasteiger partial charge in [0.2, 0.25) is 5.91 Å². The number of hydrogen-bond acceptors (Lipinski definition) is 3. The van der Waals surface area contributed by atoms with E-state index < -0.39 is 11.7 Å². The van der Waals surface area contributed by atoms with E-state index in [0.717, 1.165) is 18.6 Å². The van der Waals surface area contributed by atoms with E-state index in [-0.39, 0.29) is 12.3 Å². The molecule has 1 amide bonds. The summed E-state index contributed by atoms with van der Waals surface area (Å²) in [5, 5.41) is 2.41. The Bertz CT molecular complexity index is 995. The zero-order valence-electron chi connectivity index (χ0n) is 14.9. The highest BCUT2D eigenvalue weighted by Gasteiger charge is 2.30. The maximum absolute atomic E-state index is 12.7. The van der Waals surface area contributed by atoms with Crippen molar-refractivity contribution in [3.63, 3.8) is 0 Å². The Kier molecular flexibility index (Phi) is 4.93. The number of benzene rings is 2. The lowest BCUT2D eigenvalue weighted by Gasteiger charge is -2.28. The summed E-state index contributed by atoms with van der Waals surface area (Å²) in [6, 6.07) is 13.0. The van der Waals surface area contributed by atoms with Crippen LogP contribution in [-0.4, -0.2) is 22.3 Å². The van der Waals surface area contributed by atoms with E-state index in [2.05, 4.69) is 11.1 Å². The van der Waals surface area contributed by atoms with Crippen LogP contribution in [-0.2, 0) is 30.4 Å². The minimum Gasteiger partial charge on any atom is -0.338 e. The van der Waals surface area contributed by atoms with Gasteiger partial charge >= 0.3 is 6.18 Å². The van der Waals surface area contributed by atoms with Crippen molar-refractivity contribution in [2.45, 2.75) is 25.6 Å². The number of hydrogen-bond donors (Lipinski definition) is 0. The quantitative estimate of drug-likeness (QED) is 0.621. The van der Waals surface area contributed by atoms with Crippen LogP contribution in [0.3, 0.4) is 0 Å². The second kappa shape index (κ2) is 7.39. The molecule has 0 fully saturated rings. The normalized spacial score (nSPS) is 14.0. The fraction of sp³-hybridized carbons (Fsp3) is 0.238. The summed E-state index contributed by atoms with van der Waals surface area (Å²) in [4.78, 5) is 18.9. The Hall–Kier alpha value is -2.67. The molecule has 0 saturated carbocycles. The van der Waals surface area contributed by atoms with Crippen LogP contribution in [0.25, 0.3) is 10.6 Å². The number of alkyl halides is 3. The summed E-state index contributed by atoms with van der Waals surface area (Å²) in [5.41, 5.74) is 3.02. The summed E-state index contributed by atoms with van der Waals surface area (Å²) < 4.78 is 38.1. The van der Waals surface area contributed by atoms with Gasteiger partial charge in [-0.05, 0) is 29.7 Å². The van der Waals surface area contributed by atoms with E-state index in [4.69, 9.17) is 0 Å². The minimum absolute atomic E-state index is 0.0128. The number of nitrogens with zero attached hydrogens (tertiary/aromatic N) is 2. The molecule has 4 rings (SSSR count). The lowest BCUT2D eigenvalue weighted by Crippen LogP contribution is -2.36. The van der Waals surface area contributed by atoms with Gasteiger partial charge in [-0.1, -0.05) is 36.4 Å². The van der Waals surface area contributed by atoms with E-state index in [9.17, 15) is 18.0 Å². The van der Waals surface area contributed by atoms with Crippen LogP contribution in [0.5, 0.6) is 0 Å². The first kappa shape index (κ1) is 18.7. The Balaban J connectivity index is 1.43. The molecule has 0 radical (unpaired) electrons. The van der Waals surface area contributed by atoms with Gasteiger partial charge in [0, 0.05) is 24.0 Å². The van der Waals surface area contributed by atoms with E-state index in [1.54, 1.807) is 5.38 Å². The van der Waals surface area contributed by atoms with Crippen molar-refractivity contribution >= 4 is 17.2 Å². The number of thiazole rings is 1. The predicted molar refractivity (Wildman–Crippen MR) is 102 cm³/mol. The Morgan fingerprint density at radius 2 is 1.79 bits per heavy atom. The molecule has 3 aromatic rings. The summed E-state index contributed by atoms with van der Waals surface area (Å²) in [5.74, 6) is 0.0128. The van der Waals surface area contributed by atoms with E-state index in [1.807, 2.05) is 23.1 Å². The van der Waals surface area contributed by atoms with Crippen LogP contribution < -0.4 is 0 Å². The standard InChI is InChI=1S/C21H17F3N2OS/c22-21(23,24)17-7-5-15(6-8-17)20-25-18(13-28-20)11-19(27)26-10-9-14-3-1-2-4-16(14)12-26/h1-8,13H,9-12H2. The van der Waals surface area contributed by atoms with Gasteiger partial charge in [-0.25, -0.2) is 4.98 Å².